The van der Waals surface area contributed by atoms with Crippen LogP contribution in [0.1, 0.15) is 0 Å². The third-order valence-electron chi connectivity index (χ3n) is 1.31. The number of hydrogen-bond acceptors (Lipinski definition) is 2. The molecule has 68 valence electrons. The minimum absolute atomic E-state index is 0.157. The molecule has 0 aliphatic heterocycles. The fourth-order valence-electron chi connectivity index (χ4n) is 0.783. The van der Waals surface area contributed by atoms with E-state index in [2.05, 4.69) is 11.8 Å². The molecule has 3 heteroatoms. The molecule has 0 aliphatic carbocycles. The van der Waals surface area contributed by atoms with Gasteiger partial charge in [-0.05, 0) is 12.1 Å². The van der Waals surface area contributed by atoms with Gasteiger partial charge in [-0.1, -0.05) is 17.9 Å². The minimum Gasteiger partial charge on any atom is -0.481 e. The van der Waals surface area contributed by atoms with Gasteiger partial charge < -0.3 is 9.84 Å². The molecule has 0 fully saturated rings. The molecule has 1 N–H and O–H groups in total. The summed E-state index contributed by atoms with van der Waals surface area (Å²) in [4.78, 5) is 0. The van der Waals surface area contributed by atoms with E-state index in [0.717, 1.165) is 0 Å². The van der Waals surface area contributed by atoms with Crippen LogP contribution in [0.5, 0.6) is 5.75 Å². The standard InChI is InChI=1S/C10H9FO2/c11-9-4-3-5-10(8-9)13-7-2-1-6-12/h3-5,8,12H,6-7H2. The molecule has 0 bridgehead atoms. The second kappa shape index (κ2) is 5.18. The SMILES string of the molecule is OCC#CCOc1cccc(F)c1. The normalized spacial score (nSPS) is 8.77. The average molecular weight is 180 g/mol. The highest BCUT2D eigenvalue weighted by Gasteiger charge is 1.92. The summed E-state index contributed by atoms with van der Waals surface area (Å²) >= 11 is 0. The van der Waals surface area contributed by atoms with Crippen LogP contribution in [0.15, 0.2) is 24.3 Å². The molecule has 0 radical (unpaired) electrons. The highest BCUT2D eigenvalue weighted by Crippen LogP contribution is 2.11. The van der Waals surface area contributed by atoms with E-state index in [1.54, 1.807) is 12.1 Å². The Balaban J connectivity index is 2.45. The third kappa shape index (κ3) is 3.59. The first-order valence-electron chi connectivity index (χ1n) is 3.78. The molecule has 0 unspecified atom stereocenters. The zero-order valence-electron chi connectivity index (χ0n) is 6.96. The maximum absolute atomic E-state index is 12.6. The Morgan fingerprint density at radius 3 is 2.92 bits per heavy atom. The number of ether oxygens (including phenoxy) is 1. The first-order chi connectivity index (χ1) is 6.33. The quantitative estimate of drug-likeness (QED) is 0.693. The van der Waals surface area contributed by atoms with Gasteiger partial charge in [-0.25, -0.2) is 4.39 Å². The molecule has 0 heterocycles. The summed E-state index contributed by atoms with van der Waals surface area (Å²) in [6, 6.07) is 5.82. The number of hydrogen-bond donors (Lipinski definition) is 1. The van der Waals surface area contributed by atoms with E-state index in [4.69, 9.17) is 9.84 Å². The lowest BCUT2D eigenvalue weighted by molar-refractivity contribution is 0.347. The van der Waals surface area contributed by atoms with Crippen molar-refractivity contribution in [2.75, 3.05) is 13.2 Å². The summed E-state index contributed by atoms with van der Waals surface area (Å²) in [5, 5.41) is 8.32. The smallest absolute Gasteiger partial charge is 0.149 e. The van der Waals surface area contributed by atoms with Crippen LogP contribution in [-0.2, 0) is 0 Å². The topological polar surface area (TPSA) is 29.5 Å². The molecule has 0 aliphatic rings. The Morgan fingerprint density at radius 2 is 2.23 bits per heavy atom. The molecular weight excluding hydrogens is 171 g/mol. The monoisotopic (exact) mass is 180 g/mol. The number of aliphatic hydroxyl groups is 1. The molecule has 1 aromatic carbocycles. The molecule has 0 saturated heterocycles. The predicted molar refractivity (Wildman–Crippen MR) is 46.8 cm³/mol. The van der Waals surface area contributed by atoms with Crippen LogP contribution in [0.3, 0.4) is 0 Å². The van der Waals surface area contributed by atoms with Crippen molar-refractivity contribution in [3.8, 4) is 17.6 Å². The first kappa shape index (κ1) is 9.56. The predicted octanol–water partition coefficient (Wildman–Crippen LogP) is 1.20. The second-order valence-electron chi connectivity index (χ2n) is 2.26. The van der Waals surface area contributed by atoms with Crippen molar-refractivity contribution in [2.45, 2.75) is 0 Å². The highest BCUT2D eigenvalue weighted by molar-refractivity contribution is 5.22. The molecule has 0 atom stereocenters. The summed E-state index contributed by atoms with van der Waals surface area (Å²) in [6.07, 6.45) is 0. The maximum atomic E-state index is 12.6. The van der Waals surface area contributed by atoms with Crippen LogP contribution < -0.4 is 4.74 Å². The fraction of sp³-hybridized carbons (Fsp3) is 0.200. The molecule has 0 saturated carbocycles. The van der Waals surface area contributed by atoms with Crippen molar-refractivity contribution in [3.05, 3.63) is 30.1 Å². The molecule has 0 spiro atoms. The molecule has 2 nitrogen and oxygen atoms in total. The molecule has 13 heavy (non-hydrogen) atoms. The summed E-state index contributed by atoms with van der Waals surface area (Å²) in [5.74, 6) is 5.08. The second-order valence-corrected chi connectivity index (χ2v) is 2.26. The van der Waals surface area contributed by atoms with Gasteiger partial charge in [0.2, 0.25) is 0 Å². The molecule has 1 aromatic rings. The van der Waals surface area contributed by atoms with Crippen molar-refractivity contribution in [2.24, 2.45) is 0 Å². The van der Waals surface area contributed by atoms with Gasteiger partial charge in [-0.3, -0.25) is 0 Å². The van der Waals surface area contributed by atoms with E-state index < -0.39 is 0 Å². The Labute approximate surface area is 76.0 Å². The van der Waals surface area contributed by atoms with Gasteiger partial charge in [-0.15, -0.1) is 0 Å². The van der Waals surface area contributed by atoms with Gasteiger partial charge in [0, 0.05) is 6.07 Å². The van der Waals surface area contributed by atoms with Crippen LogP contribution in [0.2, 0.25) is 0 Å². The Bertz CT molecular complexity index is 325. The van der Waals surface area contributed by atoms with E-state index in [9.17, 15) is 4.39 Å². The Kier molecular flexibility index (Phi) is 3.80. The van der Waals surface area contributed by atoms with Crippen molar-refractivity contribution in [1.82, 2.24) is 0 Å². The molecule has 0 aromatic heterocycles. The van der Waals surface area contributed by atoms with Crippen molar-refractivity contribution in [1.29, 1.82) is 0 Å². The average Bonchev–Trinajstić information content (AvgIpc) is 2.13. The van der Waals surface area contributed by atoms with Crippen LogP contribution >= 0.6 is 0 Å². The van der Waals surface area contributed by atoms with Crippen LogP contribution in [-0.4, -0.2) is 18.3 Å². The maximum Gasteiger partial charge on any atom is 0.149 e. The number of rotatable bonds is 2. The zero-order valence-corrected chi connectivity index (χ0v) is 6.96. The van der Waals surface area contributed by atoms with E-state index in [1.807, 2.05) is 0 Å². The van der Waals surface area contributed by atoms with Gasteiger partial charge in [0.1, 0.15) is 24.8 Å². The lowest BCUT2D eigenvalue weighted by atomic mass is 10.3. The Morgan fingerprint density at radius 1 is 1.38 bits per heavy atom. The van der Waals surface area contributed by atoms with Crippen LogP contribution in [0, 0.1) is 17.7 Å². The van der Waals surface area contributed by atoms with Gasteiger partial charge in [0.15, 0.2) is 0 Å². The summed E-state index contributed by atoms with van der Waals surface area (Å²) in [6.45, 7) is -0.0312. The van der Waals surface area contributed by atoms with E-state index in [0.29, 0.717) is 5.75 Å². The van der Waals surface area contributed by atoms with Gasteiger partial charge in [0.25, 0.3) is 0 Å². The Hall–Kier alpha value is -1.53. The summed E-state index contributed by atoms with van der Waals surface area (Å²) in [5.41, 5.74) is 0. The van der Waals surface area contributed by atoms with E-state index in [1.165, 1.54) is 12.1 Å². The fourth-order valence-corrected chi connectivity index (χ4v) is 0.783. The van der Waals surface area contributed by atoms with Crippen molar-refractivity contribution < 1.29 is 14.2 Å². The summed E-state index contributed by atoms with van der Waals surface area (Å²) in [7, 11) is 0. The molecule has 0 amide bonds. The van der Waals surface area contributed by atoms with Gasteiger partial charge in [-0.2, -0.15) is 0 Å². The lowest BCUT2D eigenvalue weighted by Crippen LogP contribution is -1.94. The van der Waals surface area contributed by atoms with Crippen molar-refractivity contribution in [3.63, 3.8) is 0 Å². The zero-order chi connectivity index (χ0) is 9.52. The minimum atomic E-state index is -0.340. The molecule has 1 rings (SSSR count). The van der Waals surface area contributed by atoms with E-state index >= 15 is 0 Å². The largest absolute Gasteiger partial charge is 0.481 e. The first-order valence-corrected chi connectivity index (χ1v) is 3.78. The number of benzene rings is 1. The van der Waals surface area contributed by atoms with Crippen LogP contribution in [0.25, 0.3) is 0 Å². The van der Waals surface area contributed by atoms with Gasteiger partial charge >= 0.3 is 0 Å². The molecular formula is C10H9FO2. The van der Waals surface area contributed by atoms with Gasteiger partial charge in [0.05, 0.1) is 0 Å². The lowest BCUT2D eigenvalue weighted by Gasteiger charge is -2.00. The van der Waals surface area contributed by atoms with Crippen molar-refractivity contribution >= 4 is 0 Å². The number of halogens is 1. The van der Waals surface area contributed by atoms with Crippen LogP contribution in [0.4, 0.5) is 4.39 Å². The summed E-state index contributed by atoms with van der Waals surface area (Å²) < 4.78 is 17.7. The number of aliphatic hydroxyl groups excluding tert-OH is 1. The highest BCUT2D eigenvalue weighted by atomic mass is 19.1. The third-order valence-corrected chi connectivity index (χ3v) is 1.31. The van der Waals surface area contributed by atoms with E-state index in [-0.39, 0.29) is 19.0 Å².